The van der Waals surface area contributed by atoms with Gasteiger partial charge in [-0.2, -0.15) is 8.78 Å². The van der Waals surface area contributed by atoms with Gasteiger partial charge in [0.25, 0.3) is 0 Å². The van der Waals surface area contributed by atoms with E-state index in [-0.39, 0.29) is 5.56 Å². The van der Waals surface area contributed by atoms with Gasteiger partial charge in [0.1, 0.15) is 23.0 Å². The highest BCUT2D eigenvalue weighted by Crippen LogP contribution is 2.40. The van der Waals surface area contributed by atoms with Crippen LogP contribution in [0.3, 0.4) is 0 Å². The average molecular weight is 560 g/mol. The molecule has 0 atom stereocenters. The topological polar surface area (TPSA) is 27.7 Å². The standard InChI is InChI=1S/C28H24F8O3/c1-2-3-4-16-14-37-26(38-15-16)18-7-5-17(6-8-18)19-9-10-21(22(29)11-19)20-12-23(30)25(24(31)13-20)27(32,33)39-28(34,35)36/h5-13,16,26H,2-4,14-15H2,1H3. The van der Waals surface area contributed by atoms with Gasteiger partial charge in [0.2, 0.25) is 0 Å². The molecule has 3 aromatic carbocycles. The average Bonchev–Trinajstić information content (AvgIpc) is 2.85. The minimum absolute atomic E-state index is 0.315. The van der Waals surface area contributed by atoms with E-state index < -0.39 is 47.3 Å². The summed E-state index contributed by atoms with van der Waals surface area (Å²) >= 11 is 0. The molecule has 0 unspecified atom stereocenters. The van der Waals surface area contributed by atoms with Crippen LogP contribution < -0.4 is 0 Å². The molecule has 3 nitrogen and oxygen atoms in total. The minimum atomic E-state index is -5.85. The predicted molar refractivity (Wildman–Crippen MR) is 126 cm³/mol. The summed E-state index contributed by atoms with van der Waals surface area (Å²) in [6.45, 7) is 3.30. The van der Waals surface area contributed by atoms with Gasteiger partial charge in [0, 0.05) is 17.0 Å². The van der Waals surface area contributed by atoms with Gasteiger partial charge in [-0.1, -0.05) is 56.2 Å². The summed E-state index contributed by atoms with van der Waals surface area (Å²) in [6.07, 6.45) is -8.46. The lowest BCUT2D eigenvalue weighted by atomic mass is 9.97. The lowest BCUT2D eigenvalue weighted by Crippen LogP contribution is -2.29. The predicted octanol–water partition coefficient (Wildman–Crippen LogP) is 8.88. The third kappa shape index (κ3) is 6.95. The van der Waals surface area contributed by atoms with Crippen molar-refractivity contribution in [3.8, 4) is 22.3 Å². The Kier molecular flexibility index (Phi) is 8.63. The van der Waals surface area contributed by atoms with Crippen LogP contribution in [-0.4, -0.2) is 19.6 Å². The summed E-state index contributed by atoms with van der Waals surface area (Å²) in [5.74, 6) is -4.63. The van der Waals surface area contributed by atoms with Gasteiger partial charge in [0.15, 0.2) is 6.29 Å². The van der Waals surface area contributed by atoms with Crippen molar-refractivity contribution in [3.05, 3.63) is 83.2 Å². The van der Waals surface area contributed by atoms with Crippen LogP contribution in [0.1, 0.15) is 43.6 Å². The molecule has 0 aromatic heterocycles. The Labute approximate surface area is 219 Å². The van der Waals surface area contributed by atoms with E-state index in [2.05, 4.69) is 11.7 Å². The van der Waals surface area contributed by atoms with Gasteiger partial charge >= 0.3 is 12.5 Å². The number of unbranched alkanes of at least 4 members (excludes halogenated alkanes) is 1. The number of hydrogen-bond donors (Lipinski definition) is 0. The van der Waals surface area contributed by atoms with Gasteiger partial charge in [0.05, 0.1) is 13.2 Å². The Bertz CT molecular complexity index is 1260. The molecule has 1 aliphatic rings. The zero-order valence-electron chi connectivity index (χ0n) is 20.6. The van der Waals surface area contributed by atoms with E-state index in [9.17, 15) is 35.1 Å². The molecule has 1 fully saturated rings. The molecule has 4 rings (SSSR count). The molecule has 11 heteroatoms. The lowest BCUT2D eigenvalue weighted by Gasteiger charge is -2.29. The van der Waals surface area contributed by atoms with Crippen molar-refractivity contribution in [2.24, 2.45) is 5.92 Å². The first-order valence-corrected chi connectivity index (χ1v) is 12.2. The van der Waals surface area contributed by atoms with Crippen LogP contribution in [-0.2, 0) is 20.3 Å². The molecule has 210 valence electrons. The number of hydrogen-bond acceptors (Lipinski definition) is 3. The molecule has 0 N–H and O–H groups in total. The van der Waals surface area contributed by atoms with Gasteiger partial charge < -0.3 is 9.47 Å². The minimum Gasteiger partial charge on any atom is -0.348 e. The third-order valence-electron chi connectivity index (χ3n) is 6.31. The monoisotopic (exact) mass is 560 g/mol. The van der Waals surface area contributed by atoms with Crippen LogP contribution in [0.4, 0.5) is 35.1 Å². The number of halogens is 8. The Morgan fingerprint density at radius 3 is 1.87 bits per heavy atom. The smallest absolute Gasteiger partial charge is 0.348 e. The molecule has 39 heavy (non-hydrogen) atoms. The van der Waals surface area contributed by atoms with Gasteiger partial charge in [-0.25, -0.2) is 17.9 Å². The highest BCUT2D eigenvalue weighted by atomic mass is 19.4. The van der Waals surface area contributed by atoms with E-state index in [0.29, 0.717) is 42.4 Å². The first kappa shape index (κ1) is 29.0. The van der Waals surface area contributed by atoms with Gasteiger partial charge in [-0.15, -0.1) is 13.2 Å². The van der Waals surface area contributed by atoms with E-state index >= 15 is 0 Å². The van der Waals surface area contributed by atoms with Crippen molar-refractivity contribution in [2.45, 2.75) is 44.9 Å². The summed E-state index contributed by atoms with van der Waals surface area (Å²) in [6, 6.07) is 11.3. The molecule has 0 spiro atoms. The molecule has 0 radical (unpaired) electrons. The molecular formula is C28H24F8O3. The van der Waals surface area contributed by atoms with Gasteiger partial charge in [-0.05, 0) is 41.3 Å². The normalized spacial score (nSPS) is 18.4. The second-order valence-corrected chi connectivity index (χ2v) is 9.20. The largest absolute Gasteiger partial charge is 0.527 e. The molecule has 1 heterocycles. The van der Waals surface area contributed by atoms with Crippen molar-refractivity contribution in [1.29, 1.82) is 0 Å². The van der Waals surface area contributed by atoms with Crippen LogP contribution in [0.2, 0.25) is 0 Å². The fourth-order valence-corrected chi connectivity index (χ4v) is 4.36. The second-order valence-electron chi connectivity index (χ2n) is 9.20. The van der Waals surface area contributed by atoms with Crippen molar-refractivity contribution in [1.82, 2.24) is 0 Å². The summed E-state index contributed by atoms with van der Waals surface area (Å²) < 4.78 is 122. The molecule has 3 aromatic rings. The molecule has 1 aliphatic heterocycles. The number of alkyl halides is 5. The zero-order chi connectivity index (χ0) is 28.4. The summed E-state index contributed by atoms with van der Waals surface area (Å²) in [4.78, 5) is 0. The molecule has 1 saturated heterocycles. The van der Waals surface area contributed by atoms with Gasteiger partial charge in [-0.3, -0.25) is 0 Å². The van der Waals surface area contributed by atoms with Crippen molar-refractivity contribution in [3.63, 3.8) is 0 Å². The third-order valence-corrected chi connectivity index (χ3v) is 6.31. The molecule has 0 bridgehead atoms. The summed E-state index contributed by atoms with van der Waals surface area (Å²) in [5.41, 5.74) is -1.26. The van der Waals surface area contributed by atoms with E-state index in [4.69, 9.17) is 9.47 Å². The van der Waals surface area contributed by atoms with Crippen LogP contribution in [0.15, 0.2) is 54.6 Å². The summed E-state index contributed by atoms with van der Waals surface area (Å²) in [5, 5.41) is 0. The first-order chi connectivity index (χ1) is 18.4. The number of ether oxygens (including phenoxy) is 3. The maximum atomic E-state index is 14.9. The zero-order valence-corrected chi connectivity index (χ0v) is 20.6. The maximum Gasteiger partial charge on any atom is 0.527 e. The molecule has 0 amide bonds. The molecule has 0 aliphatic carbocycles. The quantitative estimate of drug-likeness (QED) is 0.258. The van der Waals surface area contributed by atoms with Crippen LogP contribution in [0.25, 0.3) is 22.3 Å². The Balaban J connectivity index is 1.50. The highest BCUT2D eigenvalue weighted by Gasteiger charge is 2.49. The van der Waals surface area contributed by atoms with Crippen molar-refractivity contribution in [2.75, 3.05) is 13.2 Å². The van der Waals surface area contributed by atoms with E-state index in [1.807, 2.05) is 0 Å². The van der Waals surface area contributed by atoms with Crippen LogP contribution >= 0.6 is 0 Å². The van der Waals surface area contributed by atoms with E-state index in [1.165, 1.54) is 12.1 Å². The highest BCUT2D eigenvalue weighted by molar-refractivity contribution is 5.71. The molecular weight excluding hydrogens is 536 g/mol. The Morgan fingerprint density at radius 2 is 1.33 bits per heavy atom. The maximum absolute atomic E-state index is 14.9. The van der Waals surface area contributed by atoms with Crippen molar-refractivity contribution < 1.29 is 49.3 Å². The van der Waals surface area contributed by atoms with E-state index in [0.717, 1.165) is 30.9 Å². The number of benzene rings is 3. The first-order valence-electron chi connectivity index (χ1n) is 12.2. The van der Waals surface area contributed by atoms with Crippen molar-refractivity contribution >= 4 is 0 Å². The summed E-state index contributed by atoms with van der Waals surface area (Å²) in [7, 11) is 0. The lowest BCUT2D eigenvalue weighted by molar-refractivity contribution is -0.432. The Hall–Kier alpha value is -3.02. The fraction of sp³-hybridized carbons (Fsp3) is 0.357. The molecule has 0 saturated carbocycles. The second kappa shape index (κ2) is 11.6. The fourth-order valence-electron chi connectivity index (χ4n) is 4.36. The van der Waals surface area contributed by atoms with Crippen LogP contribution in [0.5, 0.6) is 0 Å². The Morgan fingerprint density at radius 1 is 0.769 bits per heavy atom. The van der Waals surface area contributed by atoms with Crippen LogP contribution in [0, 0.1) is 23.4 Å². The SMILES string of the molecule is CCCCC1COC(c2ccc(-c3ccc(-c4cc(F)c(C(F)(F)OC(F)(F)F)c(F)c4)c(F)c3)cc2)OC1. The number of rotatable bonds is 8. The van der Waals surface area contributed by atoms with E-state index in [1.54, 1.807) is 24.3 Å².